The summed E-state index contributed by atoms with van der Waals surface area (Å²) in [6.07, 6.45) is 9.99. The summed E-state index contributed by atoms with van der Waals surface area (Å²) in [4.78, 5) is 4.73. The zero-order valence-electron chi connectivity index (χ0n) is 12.9. The molecule has 2 aliphatic carbocycles. The number of phenolic OH excluding ortho intramolecular Hbond substituents is 1. The first kappa shape index (κ1) is 18.5. The molecule has 0 heterocycles. The summed E-state index contributed by atoms with van der Waals surface area (Å²) in [5, 5.41) is 9.99. The van der Waals surface area contributed by atoms with Crippen molar-refractivity contribution < 1.29 is 26.0 Å². The fourth-order valence-corrected chi connectivity index (χ4v) is 3.78. The molecule has 2 saturated carbocycles. The first-order valence-corrected chi connectivity index (χ1v) is 14.3. The summed E-state index contributed by atoms with van der Waals surface area (Å²) in [6, 6.07) is 6.31. The molecule has 0 radical (unpaired) electrons. The average molecular weight is 420 g/mol. The molecule has 2 nitrogen and oxygen atoms in total. The minimum absolute atomic E-state index is 0.376. The number of hydrogen-bond acceptors (Lipinski definition) is 2. The van der Waals surface area contributed by atoms with Gasteiger partial charge < -0.3 is 5.11 Å². The molecule has 1 aromatic rings. The topological polar surface area (TPSA) is 32.6 Å². The van der Waals surface area contributed by atoms with Crippen molar-refractivity contribution in [2.75, 3.05) is 0 Å². The van der Waals surface area contributed by atoms with E-state index in [-0.39, 0.29) is 0 Å². The van der Waals surface area contributed by atoms with Gasteiger partial charge in [-0.1, -0.05) is 31.4 Å². The van der Waals surface area contributed by atoms with E-state index < -0.39 is 20.8 Å². The molecule has 5 heteroatoms. The number of phenols is 1. The number of hydrogen-bond donors (Lipinski definition) is 1. The molecule has 1 N–H and O–H groups in total. The normalized spacial score (nSPS) is 27.1. The van der Waals surface area contributed by atoms with Crippen LogP contribution >= 0.6 is 17.0 Å². The molecule has 0 saturated heterocycles. The van der Waals surface area contributed by atoms with Crippen LogP contribution in [0.1, 0.15) is 49.7 Å². The Bertz CT molecular complexity index is 509. The number of aromatic hydroxyl groups is 1. The van der Waals surface area contributed by atoms with Gasteiger partial charge in [0.05, 0.1) is 6.04 Å². The summed E-state index contributed by atoms with van der Waals surface area (Å²) < 4.78 is 0. The van der Waals surface area contributed by atoms with Gasteiger partial charge in [0.2, 0.25) is 0 Å². The summed E-state index contributed by atoms with van der Waals surface area (Å²) in [7, 11) is 9.87. The molecule has 0 spiro atoms. The molecule has 2 aliphatic rings. The molecule has 2 fully saturated rings. The van der Waals surface area contributed by atoms with Gasteiger partial charge in [-0.25, -0.2) is 0 Å². The van der Waals surface area contributed by atoms with Gasteiger partial charge in [-0.15, -0.1) is 0 Å². The molecule has 3 atom stereocenters. The Balaban J connectivity index is 0.000000545. The monoisotopic (exact) mass is 417 g/mol. The third kappa shape index (κ3) is 5.08. The Morgan fingerprint density at radius 3 is 2.68 bits per heavy atom. The maximum absolute atomic E-state index is 9.99. The van der Waals surface area contributed by atoms with E-state index in [1.165, 1.54) is 38.5 Å². The van der Waals surface area contributed by atoms with Crippen LogP contribution in [0.15, 0.2) is 23.2 Å². The Kier molecular flexibility index (Phi) is 7.94. The van der Waals surface area contributed by atoms with Crippen molar-refractivity contribution in [3.8, 4) is 5.75 Å². The molecule has 0 aromatic heterocycles. The van der Waals surface area contributed by atoms with E-state index in [0.717, 1.165) is 23.0 Å². The van der Waals surface area contributed by atoms with Gasteiger partial charge in [0.1, 0.15) is 5.75 Å². The van der Waals surface area contributed by atoms with Crippen molar-refractivity contribution in [3.63, 3.8) is 0 Å². The zero-order chi connectivity index (χ0) is 15.9. The fraction of sp³-hybridized carbons (Fsp3) is 0.588. The van der Waals surface area contributed by atoms with Crippen molar-refractivity contribution in [2.45, 2.75) is 51.5 Å². The van der Waals surface area contributed by atoms with Crippen molar-refractivity contribution in [1.82, 2.24) is 0 Å². The van der Waals surface area contributed by atoms with Crippen LogP contribution in [0.2, 0.25) is 0 Å². The summed E-state index contributed by atoms with van der Waals surface area (Å²) in [6.45, 7) is 1.93. The Labute approximate surface area is 152 Å². The number of para-hydroxylation sites is 1. The standard InChI is InChI=1S/C17H23NO.2ClH.Zr/c1-12-4-2-7-15(17(12)19)11-18-16-9-8-13-5-3-6-14(13)10-16;;;/h2,4,7,11,13-14,16,19H,3,5-6,8-10H2,1H3;2*1H;/q;;;+2/p-2. The van der Waals surface area contributed by atoms with Gasteiger partial charge in [0, 0.05) is 11.8 Å². The van der Waals surface area contributed by atoms with Gasteiger partial charge in [-0.3, -0.25) is 4.99 Å². The molecule has 3 rings (SSSR count). The molecule has 120 valence electrons. The second-order valence-corrected chi connectivity index (χ2v) is 10.0. The van der Waals surface area contributed by atoms with Crippen molar-refractivity contribution in [3.05, 3.63) is 29.3 Å². The molecule has 0 amide bonds. The number of rotatable bonds is 2. The number of aryl methyl sites for hydroxylation is 1. The van der Waals surface area contributed by atoms with Crippen LogP contribution in [0.3, 0.4) is 0 Å². The predicted octanol–water partition coefficient (Wildman–Crippen LogP) is 5.46. The molecule has 3 unspecified atom stereocenters. The Hall–Kier alpha value is 0.153. The Morgan fingerprint density at radius 2 is 1.91 bits per heavy atom. The quantitative estimate of drug-likeness (QED) is 0.634. The molecular weight excluding hydrogens is 396 g/mol. The third-order valence-corrected chi connectivity index (χ3v) is 4.96. The van der Waals surface area contributed by atoms with E-state index in [9.17, 15) is 5.11 Å². The minimum atomic E-state index is -0.826. The van der Waals surface area contributed by atoms with Crippen LogP contribution in [0.25, 0.3) is 0 Å². The zero-order valence-corrected chi connectivity index (χ0v) is 16.9. The van der Waals surface area contributed by atoms with E-state index in [0.29, 0.717) is 11.8 Å². The van der Waals surface area contributed by atoms with Gasteiger partial charge >= 0.3 is 37.9 Å². The predicted molar refractivity (Wildman–Crippen MR) is 90.6 cm³/mol. The fourth-order valence-electron chi connectivity index (χ4n) is 3.78. The Morgan fingerprint density at radius 1 is 1.18 bits per heavy atom. The molecule has 22 heavy (non-hydrogen) atoms. The summed E-state index contributed by atoms with van der Waals surface area (Å²) in [5.74, 6) is 2.28. The van der Waals surface area contributed by atoms with Gasteiger partial charge in [0.25, 0.3) is 0 Å². The van der Waals surface area contributed by atoms with E-state index in [4.69, 9.17) is 22.0 Å². The van der Waals surface area contributed by atoms with Crippen LogP contribution < -0.4 is 0 Å². The molecule has 0 aliphatic heterocycles. The number of fused-ring (bicyclic) bond motifs is 1. The second-order valence-electron chi connectivity index (χ2n) is 6.28. The van der Waals surface area contributed by atoms with E-state index in [1.54, 1.807) is 0 Å². The maximum atomic E-state index is 9.99. The second kappa shape index (κ2) is 9.45. The van der Waals surface area contributed by atoms with E-state index >= 15 is 0 Å². The van der Waals surface area contributed by atoms with Crippen LogP contribution in [-0.2, 0) is 20.8 Å². The SMILES string of the molecule is Cc1cccc(C=NC2CCC3CCCC3C2)c1O.[Cl][Zr][Cl]. The number of aliphatic imine (C=N–C) groups is 1. The van der Waals surface area contributed by atoms with Crippen LogP contribution in [0.5, 0.6) is 5.75 Å². The summed E-state index contributed by atoms with van der Waals surface area (Å²) in [5.41, 5.74) is 1.77. The molecular formula is C17H23Cl2NOZr. The molecule has 0 bridgehead atoms. The average Bonchev–Trinajstić information content (AvgIpc) is 2.97. The van der Waals surface area contributed by atoms with Gasteiger partial charge in [-0.2, -0.15) is 0 Å². The molecule has 1 aromatic carbocycles. The van der Waals surface area contributed by atoms with Crippen LogP contribution in [0, 0.1) is 18.8 Å². The van der Waals surface area contributed by atoms with Crippen molar-refractivity contribution in [2.24, 2.45) is 16.8 Å². The first-order chi connectivity index (χ1) is 10.7. The van der Waals surface area contributed by atoms with E-state index in [2.05, 4.69) is 0 Å². The van der Waals surface area contributed by atoms with Crippen LogP contribution in [0.4, 0.5) is 0 Å². The van der Waals surface area contributed by atoms with Gasteiger partial charge in [0.15, 0.2) is 0 Å². The van der Waals surface area contributed by atoms with Crippen molar-refractivity contribution in [1.29, 1.82) is 0 Å². The number of nitrogens with zero attached hydrogens (tertiary/aromatic N) is 1. The first-order valence-electron chi connectivity index (χ1n) is 7.93. The summed E-state index contributed by atoms with van der Waals surface area (Å²) >= 11 is -0.826. The van der Waals surface area contributed by atoms with Crippen LogP contribution in [-0.4, -0.2) is 17.4 Å². The van der Waals surface area contributed by atoms with Gasteiger partial charge in [-0.05, 0) is 49.7 Å². The van der Waals surface area contributed by atoms with Crippen molar-refractivity contribution >= 4 is 23.2 Å². The number of benzene rings is 1. The third-order valence-electron chi connectivity index (χ3n) is 4.96. The number of halogens is 2. The van der Waals surface area contributed by atoms with E-state index in [1.807, 2.05) is 31.3 Å².